The van der Waals surface area contributed by atoms with Crippen LogP contribution in [0, 0.1) is 0 Å². The van der Waals surface area contributed by atoms with Crippen LogP contribution in [-0.4, -0.2) is 41.9 Å². The highest BCUT2D eigenvalue weighted by Gasteiger charge is 2.28. The molecule has 1 aliphatic rings. The summed E-state index contributed by atoms with van der Waals surface area (Å²) >= 11 is 1.09. The Kier molecular flexibility index (Phi) is 5.17. The molecule has 0 amide bonds. The molecule has 1 fully saturated rings. The Morgan fingerprint density at radius 2 is 2.14 bits per heavy atom. The number of nitrogens with one attached hydrogen (secondary N) is 1. The van der Waals surface area contributed by atoms with E-state index in [4.69, 9.17) is 5.11 Å². The van der Waals surface area contributed by atoms with E-state index in [1.54, 1.807) is 12.4 Å². The summed E-state index contributed by atoms with van der Waals surface area (Å²) in [4.78, 5) is 14.6. The van der Waals surface area contributed by atoms with Crippen LogP contribution in [0.5, 0.6) is 0 Å². The molecule has 2 rings (SSSR count). The summed E-state index contributed by atoms with van der Waals surface area (Å²) in [5.74, 6) is -0.992. The molecule has 7 nitrogen and oxygen atoms in total. The molecule has 1 aromatic rings. The number of carboxylic acid groups (broad SMARTS) is 1. The quantitative estimate of drug-likeness (QED) is 0.825. The summed E-state index contributed by atoms with van der Waals surface area (Å²) in [7, 11) is -2.07. The second kappa shape index (κ2) is 6.71. The van der Waals surface area contributed by atoms with Crippen LogP contribution >= 0.6 is 11.3 Å². The zero-order valence-corrected chi connectivity index (χ0v) is 13.4. The molecule has 0 bridgehead atoms. The zero-order chi connectivity index (χ0) is 15.5. The number of rotatable bonds is 6. The van der Waals surface area contributed by atoms with Gasteiger partial charge in [0.15, 0.2) is 5.13 Å². The molecule has 0 aliphatic heterocycles. The van der Waals surface area contributed by atoms with Crippen molar-refractivity contribution in [1.82, 2.24) is 9.29 Å². The van der Waals surface area contributed by atoms with E-state index in [0.29, 0.717) is 5.69 Å². The molecule has 0 saturated heterocycles. The third-order valence-electron chi connectivity index (χ3n) is 3.57. The summed E-state index contributed by atoms with van der Waals surface area (Å²) < 4.78 is 28.4. The third-order valence-corrected chi connectivity index (χ3v) is 6.01. The topological polar surface area (TPSA) is 99.6 Å². The molecular weight excluding hydrogens is 314 g/mol. The van der Waals surface area contributed by atoms with Crippen molar-refractivity contribution in [2.24, 2.45) is 0 Å². The minimum Gasteiger partial charge on any atom is -0.481 e. The van der Waals surface area contributed by atoms with Crippen molar-refractivity contribution in [3.8, 4) is 0 Å². The number of hydrogen-bond acceptors (Lipinski definition) is 5. The molecule has 21 heavy (non-hydrogen) atoms. The largest absolute Gasteiger partial charge is 0.481 e. The fourth-order valence-electron chi connectivity index (χ4n) is 2.41. The average Bonchev–Trinajstić information content (AvgIpc) is 2.84. The minimum absolute atomic E-state index is 0.0229. The van der Waals surface area contributed by atoms with E-state index in [1.807, 2.05) is 0 Å². The molecule has 1 aromatic heterocycles. The van der Waals surface area contributed by atoms with Gasteiger partial charge < -0.3 is 5.11 Å². The number of hydrogen-bond donors (Lipinski definition) is 2. The van der Waals surface area contributed by atoms with Gasteiger partial charge in [-0.2, -0.15) is 12.7 Å². The molecule has 1 aliphatic carbocycles. The van der Waals surface area contributed by atoms with Crippen molar-refractivity contribution in [2.45, 2.75) is 44.6 Å². The summed E-state index contributed by atoms with van der Waals surface area (Å²) in [6, 6.07) is 0.0229. The standard InChI is InChI=1S/C12H19N3O4S2/c1-15(10-5-3-2-4-6-10)21(18,19)14-12-13-9(8-20-12)7-11(16)17/h8,10H,2-7H2,1H3,(H,13,14)(H,16,17). The van der Waals surface area contributed by atoms with E-state index in [-0.39, 0.29) is 17.6 Å². The van der Waals surface area contributed by atoms with Crippen LogP contribution in [0.3, 0.4) is 0 Å². The van der Waals surface area contributed by atoms with Gasteiger partial charge in [0.25, 0.3) is 0 Å². The van der Waals surface area contributed by atoms with Crippen LogP contribution in [0.25, 0.3) is 0 Å². The van der Waals surface area contributed by atoms with Crippen molar-refractivity contribution in [2.75, 3.05) is 11.8 Å². The molecule has 0 atom stereocenters. The Balaban J connectivity index is 2.02. The molecular formula is C12H19N3O4S2. The molecule has 0 unspecified atom stereocenters. The maximum atomic E-state index is 12.3. The Hall–Kier alpha value is -1.19. The van der Waals surface area contributed by atoms with E-state index in [9.17, 15) is 13.2 Å². The first kappa shape index (κ1) is 16.2. The lowest BCUT2D eigenvalue weighted by Gasteiger charge is -2.30. The molecule has 9 heteroatoms. The lowest BCUT2D eigenvalue weighted by atomic mass is 9.96. The van der Waals surface area contributed by atoms with Crippen molar-refractivity contribution < 1.29 is 18.3 Å². The molecule has 0 aromatic carbocycles. The fourth-order valence-corrected chi connectivity index (χ4v) is 4.49. The molecule has 2 N–H and O–H groups in total. The number of carboxylic acids is 1. The first-order valence-electron chi connectivity index (χ1n) is 6.80. The number of thiazole rings is 1. The molecule has 118 valence electrons. The van der Waals surface area contributed by atoms with Gasteiger partial charge in [0, 0.05) is 18.5 Å². The number of anilines is 1. The maximum absolute atomic E-state index is 12.3. The Bertz CT molecular complexity index is 593. The van der Waals surface area contributed by atoms with Crippen molar-refractivity contribution in [3.63, 3.8) is 0 Å². The van der Waals surface area contributed by atoms with Crippen LogP contribution in [0.1, 0.15) is 37.8 Å². The highest BCUT2D eigenvalue weighted by atomic mass is 32.2. The monoisotopic (exact) mass is 333 g/mol. The lowest BCUT2D eigenvalue weighted by molar-refractivity contribution is -0.136. The number of aromatic nitrogens is 1. The van der Waals surface area contributed by atoms with Gasteiger partial charge >= 0.3 is 16.2 Å². The van der Waals surface area contributed by atoms with Gasteiger partial charge in [-0.25, -0.2) is 9.71 Å². The van der Waals surface area contributed by atoms with Gasteiger partial charge in [-0.1, -0.05) is 19.3 Å². The van der Waals surface area contributed by atoms with E-state index >= 15 is 0 Å². The van der Waals surface area contributed by atoms with Crippen molar-refractivity contribution >= 4 is 32.6 Å². The second-order valence-corrected chi connectivity index (χ2v) is 7.72. The van der Waals surface area contributed by atoms with Crippen LogP contribution in [0.15, 0.2) is 5.38 Å². The van der Waals surface area contributed by atoms with E-state index in [1.165, 1.54) is 4.31 Å². The van der Waals surface area contributed by atoms with Crippen LogP contribution in [-0.2, 0) is 21.4 Å². The third kappa shape index (κ3) is 4.39. The summed E-state index contributed by atoms with van der Waals surface area (Å²) in [5, 5.41) is 10.4. The fraction of sp³-hybridized carbons (Fsp3) is 0.667. The molecule has 0 spiro atoms. The van der Waals surface area contributed by atoms with Crippen LogP contribution in [0.2, 0.25) is 0 Å². The second-order valence-electron chi connectivity index (χ2n) is 5.13. The normalized spacial score (nSPS) is 17.0. The van der Waals surface area contributed by atoms with Gasteiger partial charge in [-0.15, -0.1) is 11.3 Å². The summed E-state index contributed by atoms with van der Waals surface area (Å²) in [6.07, 6.45) is 4.79. The highest BCUT2D eigenvalue weighted by molar-refractivity contribution is 7.90. The van der Waals surface area contributed by atoms with E-state index in [2.05, 4.69) is 9.71 Å². The predicted octanol–water partition coefficient (Wildman–Crippen LogP) is 1.69. The van der Waals surface area contributed by atoms with Crippen molar-refractivity contribution in [3.05, 3.63) is 11.1 Å². The number of carbonyl (C=O) groups is 1. The number of nitrogens with zero attached hydrogens (tertiary/aromatic N) is 2. The van der Waals surface area contributed by atoms with Gasteiger partial charge in [-0.3, -0.25) is 4.79 Å². The molecule has 0 radical (unpaired) electrons. The molecule has 1 heterocycles. The Labute approximate surface area is 128 Å². The Morgan fingerprint density at radius 1 is 1.48 bits per heavy atom. The van der Waals surface area contributed by atoms with Gasteiger partial charge in [0.05, 0.1) is 12.1 Å². The first-order valence-corrected chi connectivity index (χ1v) is 9.12. The highest BCUT2D eigenvalue weighted by Crippen LogP contribution is 2.25. The smallest absolute Gasteiger partial charge is 0.309 e. The van der Waals surface area contributed by atoms with Crippen molar-refractivity contribution in [1.29, 1.82) is 0 Å². The summed E-state index contributed by atoms with van der Waals surface area (Å²) in [6.45, 7) is 0. The average molecular weight is 333 g/mol. The first-order chi connectivity index (χ1) is 9.88. The van der Waals surface area contributed by atoms with Crippen LogP contribution in [0.4, 0.5) is 5.13 Å². The van der Waals surface area contributed by atoms with E-state index in [0.717, 1.165) is 43.4 Å². The molecule has 1 saturated carbocycles. The number of aliphatic carboxylic acids is 1. The Morgan fingerprint density at radius 3 is 2.76 bits per heavy atom. The van der Waals surface area contributed by atoms with Gasteiger partial charge in [0.1, 0.15) is 0 Å². The van der Waals surface area contributed by atoms with Gasteiger partial charge in [-0.05, 0) is 12.8 Å². The summed E-state index contributed by atoms with van der Waals surface area (Å²) in [5.41, 5.74) is 0.352. The van der Waals surface area contributed by atoms with Gasteiger partial charge in [0.2, 0.25) is 0 Å². The SMILES string of the molecule is CN(C1CCCCC1)S(=O)(=O)Nc1nc(CC(=O)O)cs1. The van der Waals surface area contributed by atoms with E-state index < -0.39 is 16.2 Å². The lowest BCUT2D eigenvalue weighted by Crippen LogP contribution is -2.41. The minimum atomic E-state index is -3.64. The zero-order valence-electron chi connectivity index (χ0n) is 11.8. The maximum Gasteiger partial charge on any atom is 0.309 e. The predicted molar refractivity (Wildman–Crippen MR) is 80.6 cm³/mol. The van der Waals surface area contributed by atoms with Crippen LogP contribution < -0.4 is 4.72 Å².